The van der Waals surface area contributed by atoms with E-state index in [0.29, 0.717) is 12.8 Å². The summed E-state index contributed by atoms with van der Waals surface area (Å²) >= 11 is 0. The van der Waals surface area contributed by atoms with Crippen molar-refractivity contribution < 1.29 is 9.90 Å². The molecule has 0 aromatic carbocycles. The zero-order valence-electron chi connectivity index (χ0n) is 8.68. The zero-order chi connectivity index (χ0) is 10.3. The van der Waals surface area contributed by atoms with Crippen LogP contribution in [0.1, 0.15) is 52.4 Å². The Morgan fingerprint density at radius 2 is 1.62 bits per heavy atom. The minimum Gasteiger partial charge on any atom is -0.380 e. The molecular weight excluding hydrogens is 166 g/mol. The molecule has 0 aliphatic heterocycles. The summed E-state index contributed by atoms with van der Waals surface area (Å²) in [6.45, 7) is 4.06. The van der Waals surface area contributed by atoms with E-state index >= 15 is 0 Å². The van der Waals surface area contributed by atoms with E-state index in [4.69, 9.17) is 5.73 Å². The molecule has 3 nitrogen and oxygen atoms in total. The average molecular weight is 187 g/mol. The van der Waals surface area contributed by atoms with Crippen LogP contribution in [0.3, 0.4) is 0 Å². The van der Waals surface area contributed by atoms with Crippen molar-refractivity contribution in [2.45, 2.75) is 58.0 Å². The number of carbonyl (C=O) groups excluding carboxylic acids is 1. The third kappa shape index (κ3) is 4.27. The van der Waals surface area contributed by atoms with E-state index in [2.05, 4.69) is 0 Å². The van der Waals surface area contributed by atoms with Crippen LogP contribution in [0.4, 0.5) is 0 Å². The van der Waals surface area contributed by atoms with Gasteiger partial charge in [-0.25, -0.2) is 0 Å². The molecule has 0 aliphatic carbocycles. The van der Waals surface area contributed by atoms with Crippen LogP contribution in [-0.4, -0.2) is 16.6 Å². The Hall–Kier alpha value is -0.570. The Morgan fingerprint density at radius 1 is 1.23 bits per heavy atom. The van der Waals surface area contributed by atoms with E-state index in [1.807, 2.05) is 13.8 Å². The molecule has 0 aromatic rings. The maximum atomic E-state index is 11.0. The quantitative estimate of drug-likeness (QED) is 0.635. The van der Waals surface area contributed by atoms with Crippen molar-refractivity contribution in [2.24, 2.45) is 5.73 Å². The first-order valence-corrected chi connectivity index (χ1v) is 5.09. The molecule has 78 valence electrons. The number of amides is 1. The molecule has 0 saturated carbocycles. The summed E-state index contributed by atoms with van der Waals surface area (Å²) in [4.78, 5) is 11.0. The molecule has 3 heteroatoms. The van der Waals surface area contributed by atoms with Crippen molar-refractivity contribution >= 4 is 5.91 Å². The Kier molecular flexibility index (Phi) is 5.71. The van der Waals surface area contributed by atoms with Crippen LogP contribution >= 0.6 is 0 Å². The second-order valence-corrected chi connectivity index (χ2v) is 3.60. The predicted molar refractivity (Wildman–Crippen MR) is 53.2 cm³/mol. The lowest BCUT2D eigenvalue weighted by atomic mass is 9.90. The van der Waals surface area contributed by atoms with Gasteiger partial charge in [0.05, 0.1) is 0 Å². The first-order valence-electron chi connectivity index (χ1n) is 5.09. The Balaban J connectivity index is 4.08. The Morgan fingerprint density at radius 3 is 1.85 bits per heavy atom. The van der Waals surface area contributed by atoms with Crippen molar-refractivity contribution in [1.29, 1.82) is 0 Å². The van der Waals surface area contributed by atoms with Gasteiger partial charge < -0.3 is 10.8 Å². The van der Waals surface area contributed by atoms with E-state index in [0.717, 1.165) is 25.7 Å². The lowest BCUT2D eigenvalue weighted by Crippen LogP contribution is -2.43. The molecule has 0 unspecified atom stereocenters. The molecule has 0 bridgehead atoms. The van der Waals surface area contributed by atoms with Crippen molar-refractivity contribution in [1.82, 2.24) is 0 Å². The van der Waals surface area contributed by atoms with Crippen LogP contribution in [0.5, 0.6) is 0 Å². The van der Waals surface area contributed by atoms with Gasteiger partial charge in [0.1, 0.15) is 5.60 Å². The second-order valence-electron chi connectivity index (χ2n) is 3.60. The zero-order valence-corrected chi connectivity index (χ0v) is 8.68. The Labute approximate surface area is 80.3 Å². The molecule has 0 atom stereocenters. The molecule has 13 heavy (non-hydrogen) atoms. The van der Waals surface area contributed by atoms with Crippen LogP contribution in [-0.2, 0) is 4.79 Å². The van der Waals surface area contributed by atoms with Crippen LogP contribution in [0.25, 0.3) is 0 Å². The summed E-state index contributed by atoms with van der Waals surface area (Å²) in [6.07, 6.45) is 4.65. The van der Waals surface area contributed by atoms with Gasteiger partial charge in [-0.2, -0.15) is 0 Å². The highest BCUT2D eigenvalue weighted by Gasteiger charge is 2.31. The van der Waals surface area contributed by atoms with Crippen molar-refractivity contribution in [3.05, 3.63) is 0 Å². The second kappa shape index (κ2) is 5.97. The van der Waals surface area contributed by atoms with E-state index < -0.39 is 11.5 Å². The van der Waals surface area contributed by atoms with E-state index in [1.165, 1.54) is 0 Å². The maximum Gasteiger partial charge on any atom is 0.249 e. The van der Waals surface area contributed by atoms with Gasteiger partial charge in [0, 0.05) is 0 Å². The molecule has 0 radical (unpaired) electrons. The van der Waals surface area contributed by atoms with E-state index in [9.17, 15) is 9.90 Å². The van der Waals surface area contributed by atoms with Crippen LogP contribution in [0.15, 0.2) is 0 Å². The van der Waals surface area contributed by atoms with Gasteiger partial charge >= 0.3 is 0 Å². The summed E-state index contributed by atoms with van der Waals surface area (Å²) < 4.78 is 0. The van der Waals surface area contributed by atoms with E-state index in [-0.39, 0.29) is 0 Å². The third-order valence-electron chi connectivity index (χ3n) is 2.35. The smallest absolute Gasteiger partial charge is 0.249 e. The molecule has 0 spiro atoms. The fraction of sp³-hybridized carbons (Fsp3) is 0.900. The number of carbonyl (C=O) groups is 1. The average Bonchev–Trinajstić information content (AvgIpc) is 2.11. The summed E-state index contributed by atoms with van der Waals surface area (Å²) in [5.74, 6) is -0.575. The standard InChI is InChI=1S/C10H21NO2/c1-3-5-7-10(13,9(11)12)8-6-4-2/h13H,3-8H2,1-2H3,(H2,11,12). The number of unbranched alkanes of at least 4 members (excludes halogenated alkanes) is 2. The number of hydrogen-bond donors (Lipinski definition) is 2. The predicted octanol–water partition coefficient (Wildman–Crippen LogP) is 1.58. The minimum atomic E-state index is -1.26. The maximum absolute atomic E-state index is 11.0. The number of nitrogens with two attached hydrogens (primary N) is 1. The molecule has 0 aliphatic rings. The lowest BCUT2D eigenvalue weighted by Gasteiger charge is -2.24. The van der Waals surface area contributed by atoms with Crippen LogP contribution in [0.2, 0.25) is 0 Å². The number of primary amides is 1. The minimum absolute atomic E-state index is 0.499. The highest BCUT2D eigenvalue weighted by Crippen LogP contribution is 2.20. The van der Waals surface area contributed by atoms with Crippen LogP contribution in [0, 0.1) is 0 Å². The lowest BCUT2D eigenvalue weighted by molar-refractivity contribution is -0.138. The van der Waals surface area contributed by atoms with Gasteiger partial charge in [0.2, 0.25) is 5.91 Å². The number of aliphatic hydroxyl groups is 1. The number of hydrogen-bond acceptors (Lipinski definition) is 2. The highest BCUT2D eigenvalue weighted by molar-refractivity contribution is 5.83. The van der Waals surface area contributed by atoms with Crippen molar-refractivity contribution in [3.63, 3.8) is 0 Å². The summed E-state index contributed by atoms with van der Waals surface area (Å²) in [5.41, 5.74) is 3.91. The SMILES string of the molecule is CCCCC(O)(CCCC)C(N)=O. The van der Waals surface area contributed by atoms with Gasteiger partial charge in [-0.1, -0.05) is 39.5 Å². The van der Waals surface area contributed by atoms with E-state index in [1.54, 1.807) is 0 Å². The molecular formula is C10H21NO2. The Bertz CT molecular complexity index is 149. The molecule has 0 aromatic heterocycles. The normalized spacial score (nSPS) is 11.6. The highest BCUT2D eigenvalue weighted by atomic mass is 16.3. The van der Waals surface area contributed by atoms with Gasteiger partial charge in [0.15, 0.2) is 0 Å². The van der Waals surface area contributed by atoms with Crippen molar-refractivity contribution in [2.75, 3.05) is 0 Å². The summed E-state index contributed by atoms with van der Waals surface area (Å²) in [5, 5.41) is 9.88. The molecule has 0 fully saturated rings. The first kappa shape index (κ1) is 12.4. The fourth-order valence-electron chi connectivity index (χ4n) is 1.31. The van der Waals surface area contributed by atoms with Gasteiger partial charge in [-0.3, -0.25) is 4.79 Å². The van der Waals surface area contributed by atoms with Crippen molar-refractivity contribution in [3.8, 4) is 0 Å². The number of rotatable bonds is 7. The van der Waals surface area contributed by atoms with Gasteiger partial charge in [-0.15, -0.1) is 0 Å². The molecule has 1 amide bonds. The monoisotopic (exact) mass is 187 g/mol. The fourth-order valence-corrected chi connectivity index (χ4v) is 1.31. The molecule has 3 N–H and O–H groups in total. The van der Waals surface area contributed by atoms with Gasteiger partial charge in [0.25, 0.3) is 0 Å². The first-order chi connectivity index (χ1) is 6.06. The topological polar surface area (TPSA) is 63.3 Å². The summed E-state index contributed by atoms with van der Waals surface area (Å²) in [6, 6.07) is 0. The molecule has 0 saturated heterocycles. The largest absolute Gasteiger partial charge is 0.380 e. The third-order valence-corrected chi connectivity index (χ3v) is 2.35. The van der Waals surface area contributed by atoms with Gasteiger partial charge in [-0.05, 0) is 12.8 Å². The molecule has 0 rings (SSSR count). The molecule has 0 heterocycles. The van der Waals surface area contributed by atoms with Crippen LogP contribution < -0.4 is 5.73 Å². The summed E-state index contributed by atoms with van der Waals surface area (Å²) in [7, 11) is 0.